The zero-order valence-corrected chi connectivity index (χ0v) is 8.67. The first-order valence-corrected chi connectivity index (χ1v) is 5.72. The van der Waals surface area contributed by atoms with E-state index in [1.165, 1.54) is 45.3 Å². The van der Waals surface area contributed by atoms with Crippen molar-refractivity contribution in [1.82, 2.24) is 4.90 Å². The molecular formula is C11H21NO. The summed E-state index contributed by atoms with van der Waals surface area (Å²) in [6.45, 7) is 6.87. The molecule has 1 aliphatic heterocycles. The van der Waals surface area contributed by atoms with Gasteiger partial charge in [-0.3, -0.25) is 0 Å². The summed E-state index contributed by atoms with van der Waals surface area (Å²) in [6, 6.07) is 0. The molecule has 0 atom stereocenters. The summed E-state index contributed by atoms with van der Waals surface area (Å²) < 4.78 is 5.63. The fourth-order valence-electron chi connectivity index (χ4n) is 2.16. The van der Waals surface area contributed by atoms with Gasteiger partial charge in [-0.1, -0.05) is 0 Å². The number of ether oxygens (including phenoxy) is 1. The molecule has 1 aliphatic carbocycles. The van der Waals surface area contributed by atoms with Gasteiger partial charge in [-0.25, -0.2) is 0 Å². The SMILES string of the molecule is CCOC1CCN(CC2CC2)CC1. The first-order valence-electron chi connectivity index (χ1n) is 5.72. The fourth-order valence-corrected chi connectivity index (χ4v) is 2.16. The van der Waals surface area contributed by atoms with E-state index in [1.54, 1.807) is 0 Å². The van der Waals surface area contributed by atoms with E-state index in [0.29, 0.717) is 6.10 Å². The zero-order valence-electron chi connectivity index (χ0n) is 8.67. The summed E-state index contributed by atoms with van der Waals surface area (Å²) in [5.74, 6) is 1.05. The van der Waals surface area contributed by atoms with Gasteiger partial charge in [0, 0.05) is 26.2 Å². The van der Waals surface area contributed by atoms with Gasteiger partial charge >= 0.3 is 0 Å². The largest absolute Gasteiger partial charge is 0.378 e. The Morgan fingerprint density at radius 1 is 1.15 bits per heavy atom. The van der Waals surface area contributed by atoms with Gasteiger partial charge in [0.1, 0.15) is 0 Å². The Morgan fingerprint density at radius 2 is 1.85 bits per heavy atom. The number of piperidine rings is 1. The second kappa shape index (κ2) is 4.43. The smallest absolute Gasteiger partial charge is 0.0599 e. The average molecular weight is 183 g/mol. The van der Waals surface area contributed by atoms with E-state index in [4.69, 9.17) is 4.74 Å². The summed E-state index contributed by atoms with van der Waals surface area (Å²) >= 11 is 0. The van der Waals surface area contributed by atoms with Crippen LogP contribution in [0.4, 0.5) is 0 Å². The summed E-state index contributed by atoms with van der Waals surface area (Å²) in [6.07, 6.45) is 6.01. The Kier molecular flexibility index (Phi) is 3.23. The molecule has 2 heteroatoms. The van der Waals surface area contributed by atoms with Crippen molar-refractivity contribution in [3.05, 3.63) is 0 Å². The molecule has 0 spiro atoms. The topological polar surface area (TPSA) is 12.5 Å². The van der Waals surface area contributed by atoms with Crippen molar-refractivity contribution in [2.45, 2.75) is 38.7 Å². The molecule has 0 unspecified atom stereocenters. The fraction of sp³-hybridized carbons (Fsp3) is 1.00. The minimum absolute atomic E-state index is 0.556. The second-order valence-corrected chi connectivity index (χ2v) is 4.40. The third-order valence-corrected chi connectivity index (χ3v) is 3.15. The van der Waals surface area contributed by atoms with E-state index in [2.05, 4.69) is 11.8 Å². The number of likely N-dealkylation sites (tertiary alicyclic amines) is 1. The molecule has 76 valence electrons. The normalized spacial score (nSPS) is 26.5. The van der Waals surface area contributed by atoms with Crippen LogP contribution in [0.5, 0.6) is 0 Å². The molecule has 0 aromatic rings. The van der Waals surface area contributed by atoms with E-state index in [1.807, 2.05) is 0 Å². The van der Waals surface area contributed by atoms with Crippen LogP contribution in [0.3, 0.4) is 0 Å². The summed E-state index contributed by atoms with van der Waals surface area (Å²) in [4.78, 5) is 2.62. The number of rotatable bonds is 4. The summed E-state index contributed by atoms with van der Waals surface area (Å²) in [5, 5.41) is 0. The van der Waals surface area contributed by atoms with E-state index in [9.17, 15) is 0 Å². The average Bonchev–Trinajstić information content (AvgIpc) is 2.93. The lowest BCUT2D eigenvalue weighted by molar-refractivity contribution is 0.0134. The van der Waals surface area contributed by atoms with Crippen LogP contribution in [-0.4, -0.2) is 37.2 Å². The second-order valence-electron chi connectivity index (χ2n) is 4.40. The lowest BCUT2D eigenvalue weighted by atomic mass is 10.1. The summed E-state index contributed by atoms with van der Waals surface area (Å²) in [7, 11) is 0. The standard InChI is InChI=1S/C11H21NO/c1-2-13-11-5-7-12(8-6-11)9-10-3-4-10/h10-11H,2-9H2,1H3. The quantitative estimate of drug-likeness (QED) is 0.660. The molecule has 1 heterocycles. The van der Waals surface area contributed by atoms with Crippen LogP contribution in [0.25, 0.3) is 0 Å². The van der Waals surface area contributed by atoms with Gasteiger partial charge in [-0.15, -0.1) is 0 Å². The highest BCUT2D eigenvalue weighted by atomic mass is 16.5. The molecule has 0 aromatic heterocycles. The molecule has 2 rings (SSSR count). The van der Waals surface area contributed by atoms with Crippen molar-refractivity contribution in [3.63, 3.8) is 0 Å². The maximum atomic E-state index is 5.63. The minimum atomic E-state index is 0.556. The van der Waals surface area contributed by atoms with Gasteiger partial charge in [0.25, 0.3) is 0 Å². The van der Waals surface area contributed by atoms with Gasteiger partial charge in [-0.05, 0) is 38.5 Å². The van der Waals surface area contributed by atoms with Gasteiger partial charge in [0.05, 0.1) is 6.10 Å². The van der Waals surface area contributed by atoms with Crippen LogP contribution < -0.4 is 0 Å². The lowest BCUT2D eigenvalue weighted by Crippen LogP contribution is -2.38. The minimum Gasteiger partial charge on any atom is -0.378 e. The van der Waals surface area contributed by atoms with Gasteiger partial charge in [0.15, 0.2) is 0 Å². The monoisotopic (exact) mass is 183 g/mol. The third kappa shape index (κ3) is 2.96. The van der Waals surface area contributed by atoms with Crippen molar-refractivity contribution in [2.24, 2.45) is 5.92 Å². The lowest BCUT2D eigenvalue weighted by Gasteiger charge is -2.31. The summed E-state index contributed by atoms with van der Waals surface area (Å²) in [5.41, 5.74) is 0. The maximum Gasteiger partial charge on any atom is 0.0599 e. The molecule has 0 aromatic carbocycles. The third-order valence-electron chi connectivity index (χ3n) is 3.15. The zero-order chi connectivity index (χ0) is 9.10. The maximum absolute atomic E-state index is 5.63. The Balaban J connectivity index is 1.63. The van der Waals surface area contributed by atoms with Gasteiger partial charge in [-0.2, -0.15) is 0 Å². The van der Waals surface area contributed by atoms with Crippen LogP contribution in [0.2, 0.25) is 0 Å². The van der Waals surface area contributed by atoms with Crippen molar-refractivity contribution in [3.8, 4) is 0 Å². The molecule has 2 fully saturated rings. The van der Waals surface area contributed by atoms with E-state index < -0.39 is 0 Å². The van der Waals surface area contributed by atoms with Crippen LogP contribution in [0.15, 0.2) is 0 Å². The van der Waals surface area contributed by atoms with E-state index in [-0.39, 0.29) is 0 Å². The van der Waals surface area contributed by atoms with Crippen LogP contribution in [0.1, 0.15) is 32.6 Å². The van der Waals surface area contributed by atoms with Crippen molar-refractivity contribution < 1.29 is 4.74 Å². The van der Waals surface area contributed by atoms with Crippen LogP contribution in [-0.2, 0) is 4.74 Å². The number of hydrogen-bond acceptors (Lipinski definition) is 2. The highest BCUT2D eigenvalue weighted by Gasteiger charge is 2.26. The molecule has 0 N–H and O–H groups in total. The van der Waals surface area contributed by atoms with Crippen molar-refractivity contribution in [2.75, 3.05) is 26.2 Å². The molecule has 0 bridgehead atoms. The molecule has 2 aliphatic rings. The molecular weight excluding hydrogens is 162 g/mol. The molecule has 13 heavy (non-hydrogen) atoms. The Bertz CT molecular complexity index is 148. The van der Waals surface area contributed by atoms with Crippen LogP contribution >= 0.6 is 0 Å². The van der Waals surface area contributed by atoms with E-state index >= 15 is 0 Å². The van der Waals surface area contributed by atoms with E-state index in [0.717, 1.165) is 12.5 Å². The van der Waals surface area contributed by atoms with Crippen molar-refractivity contribution in [1.29, 1.82) is 0 Å². The van der Waals surface area contributed by atoms with Gasteiger partial charge in [0.2, 0.25) is 0 Å². The number of hydrogen-bond donors (Lipinski definition) is 0. The highest BCUT2D eigenvalue weighted by molar-refractivity contribution is 4.80. The van der Waals surface area contributed by atoms with Gasteiger partial charge < -0.3 is 9.64 Å². The first-order chi connectivity index (χ1) is 6.38. The Hall–Kier alpha value is -0.0800. The predicted octanol–water partition coefficient (Wildman–Crippen LogP) is 1.90. The van der Waals surface area contributed by atoms with Crippen LogP contribution in [0, 0.1) is 5.92 Å². The molecule has 1 saturated heterocycles. The molecule has 2 nitrogen and oxygen atoms in total. The highest BCUT2D eigenvalue weighted by Crippen LogP contribution is 2.30. The van der Waals surface area contributed by atoms with Crippen molar-refractivity contribution >= 4 is 0 Å². The molecule has 0 radical (unpaired) electrons. The Morgan fingerprint density at radius 3 is 2.38 bits per heavy atom. The molecule has 1 saturated carbocycles. The molecule has 0 amide bonds. The Labute approximate surface area is 81.3 Å². The first kappa shape index (κ1) is 9.47. The predicted molar refractivity (Wildman–Crippen MR) is 53.8 cm³/mol. The number of nitrogens with zero attached hydrogens (tertiary/aromatic N) is 1.